The molecule has 0 radical (unpaired) electrons. The standard InChI is InChI=1S/C13H21NO3/c1-2-17-13(16)12-10(8-11(15)14-12)9-6-4-3-5-7-9/h9-10,12H,2-8H2,1H3,(H,14,15). The normalized spacial score (nSPS) is 30.1. The summed E-state index contributed by atoms with van der Waals surface area (Å²) in [6.45, 7) is 2.17. The fourth-order valence-corrected chi connectivity index (χ4v) is 3.14. The first-order valence-corrected chi connectivity index (χ1v) is 6.68. The molecule has 1 amide bonds. The Bertz CT molecular complexity index is 297. The second kappa shape index (κ2) is 5.52. The average Bonchev–Trinajstić information content (AvgIpc) is 2.73. The second-order valence-corrected chi connectivity index (χ2v) is 5.06. The molecule has 0 aromatic carbocycles. The number of carbonyl (C=O) groups is 2. The van der Waals surface area contributed by atoms with Gasteiger partial charge < -0.3 is 10.1 Å². The van der Waals surface area contributed by atoms with Crippen LogP contribution in [0.2, 0.25) is 0 Å². The minimum atomic E-state index is -0.398. The Hall–Kier alpha value is -1.06. The molecule has 0 aromatic heterocycles. The van der Waals surface area contributed by atoms with E-state index in [9.17, 15) is 9.59 Å². The van der Waals surface area contributed by atoms with Crippen LogP contribution in [0, 0.1) is 11.8 Å². The van der Waals surface area contributed by atoms with Crippen LogP contribution in [0.5, 0.6) is 0 Å². The van der Waals surface area contributed by atoms with Gasteiger partial charge in [0.15, 0.2) is 0 Å². The number of amides is 1. The van der Waals surface area contributed by atoms with Crippen LogP contribution in [0.1, 0.15) is 45.4 Å². The molecular formula is C13H21NO3. The van der Waals surface area contributed by atoms with Crippen LogP contribution >= 0.6 is 0 Å². The van der Waals surface area contributed by atoms with Gasteiger partial charge in [0.05, 0.1) is 6.61 Å². The van der Waals surface area contributed by atoms with Crippen LogP contribution in [0.15, 0.2) is 0 Å². The third-order valence-corrected chi connectivity index (χ3v) is 3.96. The maximum Gasteiger partial charge on any atom is 0.328 e. The van der Waals surface area contributed by atoms with Crippen molar-refractivity contribution in [1.29, 1.82) is 0 Å². The molecule has 0 bridgehead atoms. The monoisotopic (exact) mass is 239 g/mol. The van der Waals surface area contributed by atoms with Crippen molar-refractivity contribution >= 4 is 11.9 Å². The quantitative estimate of drug-likeness (QED) is 0.762. The van der Waals surface area contributed by atoms with Gasteiger partial charge in [-0.3, -0.25) is 4.79 Å². The van der Waals surface area contributed by atoms with Gasteiger partial charge in [0.2, 0.25) is 5.91 Å². The molecule has 0 aromatic rings. The lowest BCUT2D eigenvalue weighted by molar-refractivity contribution is -0.147. The zero-order valence-electron chi connectivity index (χ0n) is 10.4. The van der Waals surface area contributed by atoms with Crippen molar-refractivity contribution in [2.24, 2.45) is 11.8 Å². The summed E-state index contributed by atoms with van der Waals surface area (Å²) in [5.41, 5.74) is 0. The molecule has 1 heterocycles. The maximum atomic E-state index is 11.8. The molecule has 17 heavy (non-hydrogen) atoms. The highest BCUT2D eigenvalue weighted by atomic mass is 16.5. The Balaban J connectivity index is 2.02. The Morgan fingerprint density at radius 2 is 2.06 bits per heavy atom. The summed E-state index contributed by atoms with van der Waals surface area (Å²) in [6, 6.07) is -0.398. The third-order valence-electron chi connectivity index (χ3n) is 3.96. The van der Waals surface area contributed by atoms with Crippen LogP contribution in [0.3, 0.4) is 0 Å². The summed E-state index contributed by atoms with van der Waals surface area (Å²) in [4.78, 5) is 23.3. The molecule has 2 unspecified atom stereocenters. The minimum absolute atomic E-state index is 0.00127. The van der Waals surface area contributed by atoms with E-state index < -0.39 is 6.04 Å². The molecule has 1 saturated heterocycles. The molecule has 2 atom stereocenters. The number of nitrogens with one attached hydrogen (secondary N) is 1. The van der Waals surface area contributed by atoms with Gasteiger partial charge in [0.1, 0.15) is 6.04 Å². The Morgan fingerprint density at radius 1 is 1.35 bits per heavy atom. The molecule has 0 spiro atoms. The van der Waals surface area contributed by atoms with E-state index in [4.69, 9.17) is 4.74 Å². The summed E-state index contributed by atoms with van der Waals surface area (Å²) in [5, 5.41) is 2.77. The first kappa shape index (κ1) is 12.4. The smallest absolute Gasteiger partial charge is 0.328 e. The van der Waals surface area contributed by atoms with Gasteiger partial charge in [0, 0.05) is 12.3 Å². The van der Waals surface area contributed by atoms with Crippen molar-refractivity contribution in [2.75, 3.05) is 6.61 Å². The Morgan fingerprint density at radius 3 is 2.71 bits per heavy atom. The summed E-state index contributed by atoms with van der Waals surface area (Å²) in [6.07, 6.45) is 6.53. The Labute approximate surface area is 102 Å². The highest BCUT2D eigenvalue weighted by Gasteiger charge is 2.42. The molecule has 2 fully saturated rings. The number of esters is 1. The van der Waals surface area contributed by atoms with E-state index >= 15 is 0 Å². The van der Waals surface area contributed by atoms with Crippen LogP contribution in [-0.2, 0) is 14.3 Å². The zero-order chi connectivity index (χ0) is 12.3. The average molecular weight is 239 g/mol. The summed E-state index contributed by atoms with van der Waals surface area (Å²) < 4.78 is 5.04. The van der Waals surface area contributed by atoms with Gasteiger partial charge in [-0.05, 0) is 12.8 Å². The van der Waals surface area contributed by atoms with Crippen molar-refractivity contribution in [3.8, 4) is 0 Å². The SMILES string of the molecule is CCOC(=O)C1NC(=O)CC1C1CCCCC1. The predicted octanol–water partition coefficient (Wildman–Crippen LogP) is 1.63. The van der Waals surface area contributed by atoms with E-state index in [0.717, 1.165) is 12.8 Å². The molecular weight excluding hydrogens is 218 g/mol. The maximum absolute atomic E-state index is 11.8. The van der Waals surface area contributed by atoms with E-state index in [1.54, 1.807) is 6.92 Å². The van der Waals surface area contributed by atoms with Crippen LogP contribution in [0.25, 0.3) is 0 Å². The van der Waals surface area contributed by atoms with Gasteiger partial charge in [-0.15, -0.1) is 0 Å². The van der Waals surface area contributed by atoms with Crippen molar-refractivity contribution < 1.29 is 14.3 Å². The van der Waals surface area contributed by atoms with Crippen LogP contribution in [-0.4, -0.2) is 24.5 Å². The molecule has 2 aliphatic rings. The van der Waals surface area contributed by atoms with Crippen molar-refractivity contribution in [1.82, 2.24) is 5.32 Å². The molecule has 4 nitrogen and oxygen atoms in total. The lowest BCUT2D eigenvalue weighted by Gasteiger charge is -2.29. The van der Waals surface area contributed by atoms with Gasteiger partial charge in [-0.1, -0.05) is 32.1 Å². The first-order chi connectivity index (χ1) is 8.22. The van der Waals surface area contributed by atoms with E-state index in [1.807, 2.05) is 0 Å². The molecule has 1 aliphatic heterocycles. The minimum Gasteiger partial charge on any atom is -0.464 e. The molecule has 1 saturated carbocycles. The molecule has 1 N–H and O–H groups in total. The predicted molar refractivity (Wildman–Crippen MR) is 63.2 cm³/mol. The number of hydrogen-bond donors (Lipinski definition) is 1. The zero-order valence-corrected chi connectivity index (χ0v) is 10.4. The third kappa shape index (κ3) is 2.79. The lowest BCUT2D eigenvalue weighted by Crippen LogP contribution is -2.41. The summed E-state index contributed by atoms with van der Waals surface area (Å²) in [7, 11) is 0. The highest BCUT2D eigenvalue weighted by molar-refractivity contribution is 5.88. The number of ether oxygens (including phenoxy) is 1. The van der Waals surface area contributed by atoms with Gasteiger partial charge >= 0.3 is 5.97 Å². The van der Waals surface area contributed by atoms with Crippen molar-refractivity contribution in [3.63, 3.8) is 0 Å². The molecule has 1 aliphatic carbocycles. The number of carbonyl (C=O) groups excluding carboxylic acids is 2. The fourth-order valence-electron chi connectivity index (χ4n) is 3.14. The fraction of sp³-hybridized carbons (Fsp3) is 0.846. The number of rotatable bonds is 3. The number of hydrogen-bond acceptors (Lipinski definition) is 3. The van der Waals surface area contributed by atoms with Gasteiger partial charge in [-0.25, -0.2) is 4.79 Å². The van der Waals surface area contributed by atoms with Crippen molar-refractivity contribution in [2.45, 2.75) is 51.5 Å². The van der Waals surface area contributed by atoms with E-state index in [-0.39, 0.29) is 17.8 Å². The van der Waals surface area contributed by atoms with E-state index in [2.05, 4.69) is 5.32 Å². The molecule has 96 valence electrons. The lowest BCUT2D eigenvalue weighted by atomic mass is 9.76. The summed E-state index contributed by atoms with van der Waals surface area (Å²) in [5.74, 6) is 0.409. The van der Waals surface area contributed by atoms with Crippen LogP contribution < -0.4 is 5.32 Å². The van der Waals surface area contributed by atoms with Crippen LogP contribution in [0.4, 0.5) is 0 Å². The van der Waals surface area contributed by atoms with Gasteiger partial charge in [0.25, 0.3) is 0 Å². The molecule has 2 rings (SSSR count). The van der Waals surface area contributed by atoms with E-state index in [0.29, 0.717) is 18.9 Å². The highest BCUT2D eigenvalue weighted by Crippen LogP contribution is 2.36. The van der Waals surface area contributed by atoms with Gasteiger partial charge in [-0.2, -0.15) is 0 Å². The largest absolute Gasteiger partial charge is 0.464 e. The Kier molecular flexibility index (Phi) is 4.02. The van der Waals surface area contributed by atoms with E-state index in [1.165, 1.54) is 19.3 Å². The van der Waals surface area contributed by atoms with Crippen molar-refractivity contribution in [3.05, 3.63) is 0 Å². The summed E-state index contributed by atoms with van der Waals surface area (Å²) >= 11 is 0. The second-order valence-electron chi connectivity index (χ2n) is 5.06. The molecule has 4 heteroatoms. The first-order valence-electron chi connectivity index (χ1n) is 6.68. The topological polar surface area (TPSA) is 55.4 Å².